The van der Waals surface area contributed by atoms with Crippen LogP contribution in [-0.2, 0) is 14.6 Å². The highest BCUT2D eigenvalue weighted by Gasteiger charge is 2.25. The Morgan fingerprint density at radius 2 is 1.96 bits per heavy atom. The second kappa shape index (κ2) is 8.35. The van der Waals surface area contributed by atoms with Gasteiger partial charge in [0.05, 0.1) is 36.2 Å². The van der Waals surface area contributed by atoms with E-state index in [0.717, 1.165) is 6.07 Å². The van der Waals surface area contributed by atoms with Gasteiger partial charge in [-0.25, -0.2) is 13.2 Å². The molecule has 10 heteroatoms. The zero-order chi connectivity index (χ0) is 19.3. The molecule has 144 valence electrons. The number of nitro benzene ring substituents is 1. The van der Waals surface area contributed by atoms with Crippen LogP contribution in [0.4, 0.5) is 11.4 Å². The van der Waals surface area contributed by atoms with Gasteiger partial charge in [0.15, 0.2) is 5.69 Å². The SMILES string of the molecule is COC(=O)c1cc(OC)c(NCCC2CCS(=O)(=O)CC2)c([N+](=O)[O-])c1. The van der Waals surface area contributed by atoms with Gasteiger partial charge >= 0.3 is 5.97 Å². The lowest BCUT2D eigenvalue weighted by molar-refractivity contribution is -0.384. The molecule has 0 atom stereocenters. The van der Waals surface area contributed by atoms with Gasteiger partial charge in [0.25, 0.3) is 5.69 Å². The van der Waals surface area contributed by atoms with Crippen LogP contribution in [0.1, 0.15) is 29.6 Å². The molecule has 0 aliphatic carbocycles. The molecule has 0 amide bonds. The van der Waals surface area contributed by atoms with E-state index in [2.05, 4.69) is 10.1 Å². The van der Waals surface area contributed by atoms with Crippen LogP contribution in [0.15, 0.2) is 12.1 Å². The summed E-state index contributed by atoms with van der Waals surface area (Å²) in [4.78, 5) is 22.5. The van der Waals surface area contributed by atoms with Crippen molar-refractivity contribution in [2.75, 3.05) is 37.6 Å². The van der Waals surface area contributed by atoms with Crippen molar-refractivity contribution in [3.63, 3.8) is 0 Å². The highest BCUT2D eigenvalue weighted by Crippen LogP contribution is 2.36. The van der Waals surface area contributed by atoms with Gasteiger partial charge < -0.3 is 14.8 Å². The lowest BCUT2D eigenvalue weighted by atomic mass is 9.99. The lowest BCUT2D eigenvalue weighted by Gasteiger charge is -2.22. The van der Waals surface area contributed by atoms with Crippen molar-refractivity contribution in [1.82, 2.24) is 0 Å². The lowest BCUT2D eigenvalue weighted by Crippen LogP contribution is -2.24. The van der Waals surface area contributed by atoms with Crippen LogP contribution < -0.4 is 10.1 Å². The van der Waals surface area contributed by atoms with E-state index in [0.29, 0.717) is 25.8 Å². The molecule has 2 rings (SSSR count). The Balaban J connectivity index is 2.12. The van der Waals surface area contributed by atoms with Gasteiger partial charge in [0, 0.05) is 12.6 Å². The summed E-state index contributed by atoms with van der Waals surface area (Å²) in [5, 5.41) is 14.4. The highest BCUT2D eigenvalue weighted by molar-refractivity contribution is 7.91. The quantitative estimate of drug-likeness (QED) is 0.429. The predicted molar refractivity (Wildman–Crippen MR) is 95.5 cm³/mol. The number of hydrogen-bond acceptors (Lipinski definition) is 8. The maximum Gasteiger partial charge on any atom is 0.338 e. The van der Waals surface area contributed by atoms with Crippen molar-refractivity contribution in [1.29, 1.82) is 0 Å². The number of nitrogens with one attached hydrogen (secondary N) is 1. The first-order chi connectivity index (χ1) is 12.3. The Morgan fingerprint density at radius 3 is 2.50 bits per heavy atom. The molecule has 1 N–H and O–H groups in total. The highest BCUT2D eigenvalue weighted by atomic mass is 32.2. The minimum Gasteiger partial charge on any atom is -0.494 e. The topological polar surface area (TPSA) is 125 Å². The molecular weight excluding hydrogens is 364 g/mol. The number of carbonyl (C=O) groups is 1. The number of esters is 1. The zero-order valence-electron chi connectivity index (χ0n) is 14.7. The van der Waals surface area contributed by atoms with Gasteiger partial charge in [-0.1, -0.05) is 0 Å². The predicted octanol–water partition coefficient (Wildman–Crippen LogP) is 2.02. The van der Waals surface area contributed by atoms with Gasteiger partial charge in [-0.2, -0.15) is 0 Å². The molecule has 1 aliphatic rings. The summed E-state index contributed by atoms with van der Waals surface area (Å²) in [6.07, 6.45) is 1.89. The van der Waals surface area contributed by atoms with Crippen molar-refractivity contribution < 1.29 is 27.6 Å². The summed E-state index contributed by atoms with van der Waals surface area (Å²) in [7, 11) is -0.360. The van der Waals surface area contributed by atoms with Crippen LogP contribution in [0.2, 0.25) is 0 Å². The molecule has 1 aromatic rings. The smallest absolute Gasteiger partial charge is 0.338 e. The number of benzene rings is 1. The molecule has 1 saturated heterocycles. The van der Waals surface area contributed by atoms with Crippen molar-refractivity contribution >= 4 is 27.2 Å². The monoisotopic (exact) mass is 386 g/mol. The van der Waals surface area contributed by atoms with Crippen LogP contribution in [0.25, 0.3) is 0 Å². The standard InChI is InChI=1S/C16H22N2O7S/c1-24-14-10-12(16(19)25-2)9-13(18(20)21)15(14)17-6-3-11-4-7-26(22,23)8-5-11/h9-11,17H,3-8H2,1-2H3. The Labute approximate surface area is 151 Å². The number of hydrogen-bond donors (Lipinski definition) is 1. The van der Waals surface area contributed by atoms with Crippen molar-refractivity contribution in [2.24, 2.45) is 5.92 Å². The Morgan fingerprint density at radius 1 is 1.31 bits per heavy atom. The van der Waals surface area contributed by atoms with Crippen molar-refractivity contribution in [3.05, 3.63) is 27.8 Å². The van der Waals surface area contributed by atoms with E-state index in [-0.39, 0.29) is 40.1 Å². The average molecular weight is 386 g/mol. The zero-order valence-corrected chi connectivity index (χ0v) is 15.5. The number of nitrogens with zero attached hydrogens (tertiary/aromatic N) is 1. The van der Waals surface area contributed by atoms with Gasteiger partial charge in [0.1, 0.15) is 15.6 Å². The van der Waals surface area contributed by atoms with Gasteiger partial charge in [-0.15, -0.1) is 0 Å². The van der Waals surface area contributed by atoms with Gasteiger partial charge in [-0.05, 0) is 31.2 Å². The van der Waals surface area contributed by atoms with E-state index < -0.39 is 20.7 Å². The molecule has 1 aliphatic heterocycles. The molecule has 1 fully saturated rings. The molecule has 1 aromatic carbocycles. The van der Waals surface area contributed by atoms with Crippen LogP contribution in [0.3, 0.4) is 0 Å². The van der Waals surface area contributed by atoms with E-state index in [4.69, 9.17) is 4.74 Å². The van der Waals surface area contributed by atoms with E-state index in [1.165, 1.54) is 20.3 Å². The second-order valence-corrected chi connectivity index (χ2v) is 8.44. The molecule has 0 unspecified atom stereocenters. The molecule has 9 nitrogen and oxygen atoms in total. The number of rotatable bonds is 7. The number of ether oxygens (including phenoxy) is 2. The largest absolute Gasteiger partial charge is 0.494 e. The minimum absolute atomic E-state index is 0.0269. The van der Waals surface area contributed by atoms with Gasteiger partial charge in [-0.3, -0.25) is 10.1 Å². The average Bonchev–Trinajstić information content (AvgIpc) is 2.61. The summed E-state index contributed by atoms with van der Waals surface area (Å²) in [5.41, 5.74) is -0.0661. The summed E-state index contributed by atoms with van der Waals surface area (Å²) in [6, 6.07) is 2.53. The first-order valence-electron chi connectivity index (χ1n) is 8.16. The second-order valence-electron chi connectivity index (χ2n) is 6.13. The number of sulfone groups is 1. The fraction of sp³-hybridized carbons (Fsp3) is 0.562. The minimum atomic E-state index is -2.91. The maximum absolute atomic E-state index is 11.7. The third-order valence-electron chi connectivity index (χ3n) is 4.45. The van der Waals surface area contributed by atoms with Crippen molar-refractivity contribution in [3.8, 4) is 5.75 Å². The van der Waals surface area contributed by atoms with E-state index in [9.17, 15) is 23.3 Å². The Kier molecular flexibility index (Phi) is 6.41. The molecule has 1 heterocycles. The van der Waals surface area contributed by atoms with Crippen LogP contribution in [0, 0.1) is 16.0 Å². The Hall–Kier alpha value is -2.36. The fourth-order valence-corrected chi connectivity index (χ4v) is 4.54. The normalized spacial score (nSPS) is 16.7. The van der Waals surface area contributed by atoms with E-state index in [1.54, 1.807) is 0 Å². The number of anilines is 1. The number of nitro groups is 1. The maximum atomic E-state index is 11.7. The summed E-state index contributed by atoms with van der Waals surface area (Å²) in [5.74, 6) is 0.113. The molecule has 0 aromatic heterocycles. The van der Waals surface area contributed by atoms with E-state index >= 15 is 0 Å². The van der Waals surface area contributed by atoms with Crippen LogP contribution in [-0.4, -0.2) is 51.6 Å². The first-order valence-corrected chi connectivity index (χ1v) is 9.98. The molecule has 0 bridgehead atoms. The summed E-state index contributed by atoms with van der Waals surface area (Å²) in [6.45, 7) is 0.430. The third-order valence-corrected chi connectivity index (χ3v) is 6.16. The van der Waals surface area contributed by atoms with Crippen LogP contribution in [0.5, 0.6) is 5.75 Å². The molecule has 0 spiro atoms. The fourth-order valence-electron chi connectivity index (χ4n) is 2.95. The number of methoxy groups -OCH3 is 2. The summed E-state index contributed by atoms with van der Waals surface area (Å²) < 4.78 is 32.7. The van der Waals surface area contributed by atoms with Gasteiger partial charge in [0.2, 0.25) is 0 Å². The molecule has 26 heavy (non-hydrogen) atoms. The number of carbonyl (C=O) groups excluding carboxylic acids is 1. The molecule has 0 saturated carbocycles. The third kappa shape index (κ3) is 4.84. The summed E-state index contributed by atoms with van der Waals surface area (Å²) >= 11 is 0. The molecule has 0 radical (unpaired) electrons. The Bertz CT molecular complexity index is 778. The van der Waals surface area contributed by atoms with Crippen molar-refractivity contribution in [2.45, 2.75) is 19.3 Å². The first kappa shape index (κ1) is 20.0. The van der Waals surface area contributed by atoms with Crippen LogP contribution >= 0.6 is 0 Å². The molecular formula is C16H22N2O7S. The van der Waals surface area contributed by atoms with E-state index in [1.807, 2.05) is 0 Å².